The lowest BCUT2D eigenvalue weighted by atomic mass is 10.2. The molecule has 0 aromatic carbocycles. The molecule has 0 atom stereocenters. The monoisotopic (exact) mass is 232 g/mol. The summed E-state index contributed by atoms with van der Waals surface area (Å²) in [7, 11) is 0. The molecule has 0 aliphatic rings. The highest BCUT2D eigenvalue weighted by Crippen LogP contribution is 2.22. The zero-order chi connectivity index (χ0) is 10.6. The van der Waals surface area contributed by atoms with Crippen molar-refractivity contribution in [3.63, 3.8) is 0 Å². The standard InChI is InChI=1S/C9H9ClO3S/c1-2-13-9(12)5-6(11)7-3-4-8(10)14-7/h3-4H,2,5H2,1H3. The Morgan fingerprint density at radius 1 is 1.50 bits per heavy atom. The minimum absolute atomic E-state index is 0.218. The van der Waals surface area contributed by atoms with Crippen LogP contribution in [-0.2, 0) is 9.53 Å². The summed E-state index contributed by atoms with van der Waals surface area (Å²) in [6.07, 6.45) is -0.218. The second-order valence-electron chi connectivity index (χ2n) is 2.51. The Hall–Kier alpha value is -0.870. The smallest absolute Gasteiger partial charge is 0.313 e. The van der Waals surface area contributed by atoms with E-state index in [-0.39, 0.29) is 18.8 Å². The van der Waals surface area contributed by atoms with Gasteiger partial charge < -0.3 is 4.74 Å². The Morgan fingerprint density at radius 2 is 2.21 bits per heavy atom. The first kappa shape index (κ1) is 11.2. The van der Waals surface area contributed by atoms with Crippen molar-refractivity contribution in [2.75, 3.05) is 6.61 Å². The van der Waals surface area contributed by atoms with E-state index < -0.39 is 5.97 Å². The zero-order valence-electron chi connectivity index (χ0n) is 7.58. The maximum atomic E-state index is 11.4. The van der Waals surface area contributed by atoms with Gasteiger partial charge in [-0.3, -0.25) is 9.59 Å². The zero-order valence-corrected chi connectivity index (χ0v) is 9.15. The Kier molecular flexibility index (Phi) is 4.10. The van der Waals surface area contributed by atoms with E-state index >= 15 is 0 Å². The second-order valence-corrected chi connectivity index (χ2v) is 4.22. The summed E-state index contributed by atoms with van der Waals surface area (Å²) in [4.78, 5) is 22.8. The lowest BCUT2D eigenvalue weighted by Gasteiger charge is -1.98. The van der Waals surface area contributed by atoms with Crippen LogP contribution in [0.3, 0.4) is 0 Å². The van der Waals surface area contributed by atoms with Gasteiger partial charge in [-0.25, -0.2) is 0 Å². The summed E-state index contributed by atoms with van der Waals surface area (Å²) in [5.41, 5.74) is 0. The summed E-state index contributed by atoms with van der Waals surface area (Å²) in [5, 5.41) is 0. The highest BCUT2D eigenvalue weighted by Gasteiger charge is 2.14. The van der Waals surface area contributed by atoms with Gasteiger partial charge in [-0.2, -0.15) is 0 Å². The highest BCUT2D eigenvalue weighted by molar-refractivity contribution is 7.18. The molecule has 0 aliphatic carbocycles. The molecule has 0 saturated heterocycles. The maximum Gasteiger partial charge on any atom is 0.313 e. The fourth-order valence-electron chi connectivity index (χ4n) is 0.894. The van der Waals surface area contributed by atoms with Crippen LogP contribution in [0.25, 0.3) is 0 Å². The predicted molar refractivity (Wildman–Crippen MR) is 54.9 cm³/mol. The molecule has 1 heterocycles. The summed E-state index contributed by atoms with van der Waals surface area (Å²) in [6, 6.07) is 3.24. The molecule has 76 valence electrons. The molecule has 0 fully saturated rings. The highest BCUT2D eigenvalue weighted by atomic mass is 35.5. The van der Waals surface area contributed by atoms with Crippen molar-refractivity contribution < 1.29 is 14.3 Å². The van der Waals surface area contributed by atoms with Crippen molar-refractivity contribution in [3.8, 4) is 0 Å². The largest absolute Gasteiger partial charge is 0.466 e. The number of hydrogen-bond acceptors (Lipinski definition) is 4. The average molecular weight is 233 g/mol. The van der Waals surface area contributed by atoms with E-state index in [1.54, 1.807) is 19.1 Å². The number of ketones is 1. The summed E-state index contributed by atoms with van der Waals surface area (Å²) >= 11 is 6.82. The lowest BCUT2D eigenvalue weighted by Crippen LogP contribution is -2.10. The third-order valence-corrected chi connectivity index (χ3v) is 2.73. The quantitative estimate of drug-likeness (QED) is 0.455. The third-order valence-electron chi connectivity index (χ3n) is 1.46. The van der Waals surface area contributed by atoms with Crippen LogP contribution in [0.2, 0.25) is 4.34 Å². The molecular formula is C9H9ClO3S. The minimum Gasteiger partial charge on any atom is -0.466 e. The van der Waals surface area contributed by atoms with Gasteiger partial charge in [0.25, 0.3) is 0 Å². The minimum atomic E-state index is -0.498. The number of halogens is 1. The van der Waals surface area contributed by atoms with Crippen LogP contribution in [0, 0.1) is 0 Å². The van der Waals surface area contributed by atoms with Crippen LogP contribution >= 0.6 is 22.9 Å². The molecule has 1 aromatic rings. The van der Waals surface area contributed by atoms with E-state index in [4.69, 9.17) is 11.6 Å². The van der Waals surface area contributed by atoms with Gasteiger partial charge in [-0.05, 0) is 19.1 Å². The fraction of sp³-hybridized carbons (Fsp3) is 0.333. The van der Waals surface area contributed by atoms with Crippen LogP contribution in [-0.4, -0.2) is 18.4 Å². The van der Waals surface area contributed by atoms with Crippen molar-refractivity contribution in [2.24, 2.45) is 0 Å². The van der Waals surface area contributed by atoms with Crippen molar-refractivity contribution in [2.45, 2.75) is 13.3 Å². The molecule has 1 rings (SSSR count). The van der Waals surface area contributed by atoms with Crippen LogP contribution in [0.4, 0.5) is 0 Å². The van der Waals surface area contributed by atoms with Gasteiger partial charge in [-0.1, -0.05) is 11.6 Å². The van der Waals surface area contributed by atoms with Gasteiger partial charge in [0, 0.05) is 0 Å². The van der Waals surface area contributed by atoms with E-state index in [1.807, 2.05) is 0 Å². The van der Waals surface area contributed by atoms with Crippen LogP contribution in [0.15, 0.2) is 12.1 Å². The molecule has 0 radical (unpaired) electrons. The van der Waals surface area contributed by atoms with Gasteiger partial charge in [0.1, 0.15) is 6.42 Å². The molecule has 5 heteroatoms. The first-order chi connectivity index (χ1) is 6.63. The molecule has 3 nitrogen and oxygen atoms in total. The van der Waals surface area contributed by atoms with Crippen molar-refractivity contribution in [1.82, 2.24) is 0 Å². The summed E-state index contributed by atoms with van der Waals surface area (Å²) < 4.78 is 5.19. The fourth-order valence-corrected chi connectivity index (χ4v) is 1.87. The van der Waals surface area contributed by atoms with E-state index in [9.17, 15) is 9.59 Å². The van der Waals surface area contributed by atoms with Crippen LogP contribution in [0.5, 0.6) is 0 Å². The molecule has 0 saturated carbocycles. The molecule has 14 heavy (non-hydrogen) atoms. The molecular weight excluding hydrogens is 224 g/mol. The third kappa shape index (κ3) is 3.12. The molecule has 0 unspecified atom stereocenters. The maximum absolute atomic E-state index is 11.4. The number of carbonyl (C=O) groups is 2. The number of rotatable bonds is 4. The number of esters is 1. The van der Waals surface area contributed by atoms with Gasteiger partial charge in [-0.15, -0.1) is 11.3 Å². The van der Waals surface area contributed by atoms with E-state index in [0.29, 0.717) is 9.21 Å². The molecule has 0 spiro atoms. The number of carbonyl (C=O) groups excluding carboxylic acids is 2. The number of thiophene rings is 1. The van der Waals surface area contributed by atoms with E-state index in [0.717, 1.165) is 11.3 Å². The average Bonchev–Trinajstić information content (AvgIpc) is 2.52. The first-order valence-electron chi connectivity index (χ1n) is 4.07. The van der Waals surface area contributed by atoms with Crippen LogP contribution < -0.4 is 0 Å². The van der Waals surface area contributed by atoms with Gasteiger partial charge >= 0.3 is 5.97 Å². The Labute approximate surface area is 90.6 Å². The van der Waals surface area contributed by atoms with Crippen molar-refractivity contribution >= 4 is 34.7 Å². The SMILES string of the molecule is CCOC(=O)CC(=O)c1ccc(Cl)s1. The van der Waals surface area contributed by atoms with Crippen molar-refractivity contribution in [3.05, 3.63) is 21.3 Å². The number of Topliss-reactive ketones (excluding diaryl/α,β-unsaturated/α-hetero) is 1. The number of hydrogen-bond donors (Lipinski definition) is 0. The van der Waals surface area contributed by atoms with E-state index in [2.05, 4.69) is 4.74 Å². The Balaban J connectivity index is 2.55. The topological polar surface area (TPSA) is 43.4 Å². The normalized spacial score (nSPS) is 9.86. The van der Waals surface area contributed by atoms with Crippen molar-refractivity contribution in [1.29, 1.82) is 0 Å². The second kappa shape index (κ2) is 5.12. The van der Waals surface area contributed by atoms with E-state index in [1.165, 1.54) is 0 Å². The summed E-state index contributed by atoms with van der Waals surface area (Å²) in [5.74, 6) is -0.748. The predicted octanol–water partition coefficient (Wildman–Crippen LogP) is 2.54. The van der Waals surface area contributed by atoms with Crippen LogP contribution in [0.1, 0.15) is 23.0 Å². The lowest BCUT2D eigenvalue weighted by molar-refractivity contribution is -0.141. The summed E-state index contributed by atoms with van der Waals surface area (Å²) in [6.45, 7) is 1.99. The van der Waals surface area contributed by atoms with Gasteiger partial charge in [0.2, 0.25) is 0 Å². The molecule has 0 aliphatic heterocycles. The molecule has 0 N–H and O–H groups in total. The molecule has 0 bridgehead atoms. The first-order valence-corrected chi connectivity index (χ1v) is 5.27. The van der Waals surface area contributed by atoms with Gasteiger partial charge in [0.05, 0.1) is 15.8 Å². The Morgan fingerprint density at radius 3 is 2.71 bits per heavy atom. The molecule has 1 aromatic heterocycles. The molecule has 0 amide bonds. The number of ether oxygens (including phenoxy) is 1. The van der Waals surface area contributed by atoms with Gasteiger partial charge in [0.15, 0.2) is 5.78 Å². The Bertz CT molecular complexity index is 346.